The van der Waals surface area contributed by atoms with Crippen LogP contribution in [-0.4, -0.2) is 93.5 Å². The van der Waals surface area contributed by atoms with Gasteiger partial charge in [0, 0.05) is 30.3 Å². The first kappa shape index (κ1) is 28.0. The molecule has 42 heavy (non-hydrogen) atoms. The van der Waals surface area contributed by atoms with Gasteiger partial charge in [-0.3, -0.25) is 9.69 Å². The summed E-state index contributed by atoms with van der Waals surface area (Å²) in [5, 5.41) is 22.0. The zero-order valence-electron chi connectivity index (χ0n) is 23.0. The van der Waals surface area contributed by atoms with Crippen molar-refractivity contribution >= 4 is 17.5 Å². The predicted molar refractivity (Wildman–Crippen MR) is 151 cm³/mol. The fraction of sp³-hybridized carbons (Fsp3) is 0.433. The molecular weight excluding hydrogens is 541 g/mol. The van der Waals surface area contributed by atoms with Crippen LogP contribution in [0.15, 0.2) is 48.8 Å². The molecule has 3 aliphatic heterocycles. The van der Waals surface area contributed by atoms with Gasteiger partial charge in [0.1, 0.15) is 30.9 Å². The number of aliphatic hydroxyl groups excluding tert-OH is 1. The van der Waals surface area contributed by atoms with Gasteiger partial charge in [0.05, 0.1) is 31.4 Å². The third-order valence-corrected chi connectivity index (χ3v) is 8.11. The van der Waals surface area contributed by atoms with E-state index in [1.54, 1.807) is 18.2 Å². The van der Waals surface area contributed by atoms with Crippen LogP contribution in [0.5, 0.6) is 5.75 Å². The minimum absolute atomic E-state index is 0.164. The second-order valence-electron chi connectivity index (χ2n) is 10.7. The molecule has 0 radical (unpaired) electrons. The van der Waals surface area contributed by atoms with E-state index >= 15 is 0 Å². The molecule has 2 aromatic carbocycles. The topological polar surface area (TPSA) is 137 Å². The highest BCUT2D eigenvalue weighted by Crippen LogP contribution is 2.36. The molecule has 218 valence electrons. The molecule has 0 spiro atoms. The fourth-order valence-corrected chi connectivity index (χ4v) is 5.78. The third-order valence-electron chi connectivity index (χ3n) is 8.11. The summed E-state index contributed by atoms with van der Waals surface area (Å²) in [4.78, 5) is 28.6. The van der Waals surface area contributed by atoms with Crippen LogP contribution in [0, 0.1) is 11.3 Å². The molecule has 3 unspecified atom stereocenters. The molecule has 0 saturated carbocycles. The summed E-state index contributed by atoms with van der Waals surface area (Å²) >= 11 is 0. The maximum Gasteiger partial charge on any atom is 0.248 e. The Balaban J connectivity index is 1.12. The van der Waals surface area contributed by atoms with Crippen LogP contribution in [0.2, 0.25) is 0 Å². The van der Waals surface area contributed by atoms with Crippen LogP contribution in [0.1, 0.15) is 36.4 Å². The van der Waals surface area contributed by atoms with Crippen LogP contribution >= 0.6 is 0 Å². The van der Waals surface area contributed by atoms with E-state index in [9.17, 15) is 14.4 Å². The average Bonchev–Trinajstić information content (AvgIpc) is 3.46. The number of nitrogens with one attached hydrogen (secondary N) is 1. The van der Waals surface area contributed by atoms with Gasteiger partial charge in [-0.2, -0.15) is 10.2 Å². The Morgan fingerprint density at radius 2 is 2.00 bits per heavy atom. The van der Waals surface area contributed by atoms with Crippen LogP contribution in [0.25, 0.3) is 11.4 Å². The molecule has 3 aliphatic rings. The summed E-state index contributed by atoms with van der Waals surface area (Å²) in [5.74, 6) is 0.465. The predicted octanol–water partition coefficient (Wildman–Crippen LogP) is 3.00. The van der Waals surface area contributed by atoms with E-state index in [1.807, 2.05) is 12.1 Å². The number of halogens is 1. The number of rotatable bonds is 8. The fourth-order valence-electron chi connectivity index (χ4n) is 5.78. The Kier molecular flexibility index (Phi) is 8.23. The molecule has 2 N–H and O–H groups in total. The number of hydrogen-bond acceptors (Lipinski definition) is 10. The normalized spacial score (nSPS) is 22.8. The van der Waals surface area contributed by atoms with Gasteiger partial charge in [-0.1, -0.05) is 12.1 Å². The standard InChI is InChI=1S/C30H32FN7O4/c31-24-14-37(28(40)15-39)11-9-27(24)42-26-8-5-20(12-21(26)13-32)29-33-18-34-30(36-29)35-22-6-3-19(4-7-22)25-2-1-10-38(25)23-16-41-17-23/h3-8,12,18,23-25,27,39H,1-2,9-11,14-17H2,(H,33,34,35,36). The highest BCUT2D eigenvalue weighted by molar-refractivity contribution is 5.77. The number of anilines is 2. The minimum Gasteiger partial charge on any atom is -0.486 e. The summed E-state index contributed by atoms with van der Waals surface area (Å²) < 4.78 is 26.0. The Morgan fingerprint density at radius 3 is 2.71 bits per heavy atom. The van der Waals surface area contributed by atoms with E-state index < -0.39 is 24.8 Å². The van der Waals surface area contributed by atoms with E-state index in [1.165, 1.54) is 23.2 Å². The van der Waals surface area contributed by atoms with Gasteiger partial charge in [-0.25, -0.2) is 14.4 Å². The quantitative estimate of drug-likeness (QED) is 0.414. The van der Waals surface area contributed by atoms with E-state index in [4.69, 9.17) is 14.6 Å². The number of carbonyl (C=O) groups is 1. The summed E-state index contributed by atoms with van der Waals surface area (Å²) in [6.07, 6.45) is 1.74. The average molecular weight is 574 g/mol. The van der Waals surface area contributed by atoms with Crippen molar-refractivity contribution in [1.29, 1.82) is 5.26 Å². The van der Waals surface area contributed by atoms with Gasteiger partial charge in [-0.15, -0.1) is 0 Å². The SMILES string of the molecule is N#Cc1cc(-c2ncnc(Nc3ccc(C4CCCN4C4COC4)cc3)n2)ccc1OC1CCN(C(=O)CO)CC1F. The Labute approximate surface area is 242 Å². The minimum atomic E-state index is -1.44. The monoisotopic (exact) mass is 573 g/mol. The van der Waals surface area contributed by atoms with Gasteiger partial charge in [0.15, 0.2) is 12.0 Å². The molecule has 1 amide bonds. The van der Waals surface area contributed by atoms with E-state index in [2.05, 4.69) is 43.4 Å². The van der Waals surface area contributed by atoms with E-state index in [0.717, 1.165) is 31.9 Å². The van der Waals surface area contributed by atoms with Crippen LogP contribution in [-0.2, 0) is 9.53 Å². The van der Waals surface area contributed by atoms with Crippen molar-refractivity contribution in [2.45, 2.75) is 43.6 Å². The highest BCUT2D eigenvalue weighted by Gasteiger charge is 2.35. The second kappa shape index (κ2) is 12.4. The van der Waals surface area contributed by atoms with E-state index in [-0.39, 0.29) is 30.8 Å². The van der Waals surface area contributed by atoms with Gasteiger partial charge >= 0.3 is 0 Å². The van der Waals surface area contributed by atoms with Crippen molar-refractivity contribution in [3.63, 3.8) is 0 Å². The van der Waals surface area contributed by atoms with Gasteiger partial charge in [0.25, 0.3) is 0 Å². The number of carbonyl (C=O) groups excluding carboxylic acids is 1. The number of aromatic nitrogens is 3. The van der Waals surface area contributed by atoms with E-state index in [0.29, 0.717) is 29.4 Å². The largest absolute Gasteiger partial charge is 0.486 e. The maximum absolute atomic E-state index is 14.7. The maximum atomic E-state index is 14.7. The molecule has 12 heteroatoms. The van der Waals surface area contributed by atoms with Gasteiger partial charge < -0.3 is 24.8 Å². The number of aliphatic hydroxyl groups is 1. The number of benzene rings is 2. The number of ether oxygens (including phenoxy) is 2. The molecule has 0 aliphatic carbocycles. The lowest BCUT2D eigenvalue weighted by Gasteiger charge is -2.38. The van der Waals surface area contributed by atoms with Crippen LogP contribution < -0.4 is 10.1 Å². The van der Waals surface area contributed by atoms with Crippen molar-refractivity contribution in [2.75, 3.05) is 44.8 Å². The molecular formula is C30H32FN7O4. The van der Waals surface area contributed by atoms with Crippen LogP contribution in [0.4, 0.5) is 16.0 Å². The second-order valence-corrected chi connectivity index (χ2v) is 10.7. The molecule has 3 atom stereocenters. The third kappa shape index (κ3) is 5.90. The number of nitrogens with zero attached hydrogens (tertiary/aromatic N) is 6. The molecule has 3 aromatic rings. The molecule has 3 saturated heterocycles. The first-order chi connectivity index (χ1) is 20.5. The molecule has 0 bridgehead atoms. The first-order valence-electron chi connectivity index (χ1n) is 14.2. The Hall–Kier alpha value is -4.18. The van der Waals surface area contributed by atoms with Crippen molar-refractivity contribution in [3.05, 3.63) is 59.9 Å². The number of likely N-dealkylation sites (tertiary alicyclic amines) is 2. The zero-order chi connectivity index (χ0) is 29.1. The summed E-state index contributed by atoms with van der Waals surface area (Å²) in [7, 11) is 0. The number of piperidine rings is 1. The number of alkyl halides is 1. The zero-order valence-corrected chi connectivity index (χ0v) is 23.0. The molecule has 1 aromatic heterocycles. The van der Waals surface area contributed by atoms with Crippen molar-refractivity contribution in [1.82, 2.24) is 24.8 Å². The number of nitriles is 1. The smallest absolute Gasteiger partial charge is 0.248 e. The highest BCUT2D eigenvalue weighted by atomic mass is 19.1. The van der Waals surface area contributed by atoms with Crippen LogP contribution in [0.3, 0.4) is 0 Å². The summed E-state index contributed by atoms with van der Waals surface area (Å²) in [6.45, 7) is 2.18. The van der Waals surface area contributed by atoms with Crippen molar-refractivity contribution < 1.29 is 23.8 Å². The van der Waals surface area contributed by atoms with Crippen molar-refractivity contribution in [3.8, 4) is 23.2 Å². The Bertz CT molecular complexity index is 1460. The summed E-state index contributed by atoms with van der Waals surface area (Å²) in [6, 6.07) is 16.3. The van der Waals surface area contributed by atoms with Gasteiger partial charge in [-0.05, 0) is 55.3 Å². The molecule has 3 fully saturated rings. The molecule has 4 heterocycles. The first-order valence-corrected chi connectivity index (χ1v) is 14.2. The molecule has 6 rings (SSSR count). The van der Waals surface area contributed by atoms with Gasteiger partial charge in [0.2, 0.25) is 11.9 Å². The lowest BCUT2D eigenvalue weighted by atomic mass is 10.0. The number of amides is 1. The van der Waals surface area contributed by atoms with Crippen molar-refractivity contribution in [2.24, 2.45) is 0 Å². The Morgan fingerprint density at radius 1 is 1.17 bits per heavy atom. The lowest BCUT2D eigenvalue weighted by molar-refractivity contribution is -0.138. The molecule has 11 nitrogen and oxygen atoms in total. The summed E-state index contributed by atoms with van der Waals surface area (Å²) in [5.41, 5.74) is 2.94. The number of hydrogen-bond donors (Lipinski definition) is 2. The lowest BCUT2D eigenvalue weighted by Crippen LogP contribution is -2.50.